The Labute approximate surface area is 125 Å². The summed E-state index contributed by atoms with van der Waals surface area (Å²) in [5.41, 5.74) is 3.98. The predicted molar refractivity (Wildman–Crippen MR) is 85.0 cm³/mol. The Bertz CT molecular complexity index is 979. The lowest BCUT2D eigenvalue weighted by Crippen LogP contribution is -2.06. The summed E-state index contributed by atoms with van der Waals surface area (Å²) >= 11 is 0. The van der Waals surface area contributed by atoms with Gasteiger partial charge in [0.15, 0.2) is 5.58 Å². The normalized spacial score (nSPS) is 12.8. The van der Waals surface area contributed by atoms with Crippen LogP contribution in [-0.4, -0.2) is 15.0 Å². The molecule has 0 aliphatic carbocycles. The SMILES string of the molecule is C[C@@H](Nc1nc2ccccc2o1)c1ccc2[nH]c(=O)[nH]c2c1. The number of oxazole rings is 1. The van der Waals surface area contributed by atoms with Gasteiger partial charge in [0.05, 0.1) is 17.1 Å². The standard InChI is InChI=1S/C16H14N4O2/c1-9(10-6-7-11-13(8-10)19-15(21)18-11)17-16-20-12-4-2-3-5-14(12)22-16/h2-9H,1H3,(H,17,20)(H2,18,19,21)/t9-/m1/s1. The molecule has 6 nitrogen and oxygen atoms in total. The van der Waals surface area contributed by atoms with Crippen molar-refractivity contribution in [2.24, 2.45) is 0 Å². The van der Waals surface area contributed by atoms with Crippen molar-refractivity contribution in [3.05, 3.63) is 58.5 Å². The van der Waals surface area contributed by atoms with Crippen LogP contribution in [0.5, 0.6) is 0 Å². The number of hydrogen-bond acceptors (Lipinski definition) is 4. The minimum Gasteiger partial charge on any atom is -0.424 e. The lowest BCUT2D eigenvalue weighted by atomic mass is 10.1. The van der Waals surface area contributed by atoms with Crippen molar-refractivity contribution in [2.45, 2.75) is 13.0 Å². The summed E-state index contributed by atoms with van der Waals surface area (Å²) in [4.78, 5) is 21.2. The van der Waals surface area contributed by atoms with Crippen molar-refractivity contribution in [2.75, 3.05) is 5.32 Å². The molecule has 0 aliphatic heterocycles. The third-order valence-corrected chi connectivity index (χ3v) is 3.67. The third-order valence-electron chi connectivity index (χ3n) is 3.67. The van der Waals surface area contributed by atoms with Gasteiger partial charge in [-0.2, -0.15) is 4.98 Å². The Hall–Kier alpha value is -3.02. The van der Waals surface area contributed by atoms with Gasteiger partial charge in [0.1, 0.15) is 5.52 Å². The summed E-state index contributed by atoms with van der Waals surface area (Å²) in [6.45, 7) is 2.01. The van der Waals surface area contributed by atoms with Crippen LogP contribution in [0, 0.1) is 0 Å². The number of para-hydroxylation sites is 2. The van der Waals surface area contributed by atoms with E-state index in [9.17, 15) is 4.79 Å². The van der Waals surface area contributed by atoms with Gasteiger partial charge in [-0.25, -0.2) is 4.79 Å². The smallest absolute Gasteiger partial charge is 0.323 e. The number of anilines is 1. The lowest BCUT2D eigenvalue weighted by molar-refractivity contribution is 0.604. The molecule has 2 aromatic carbocycles. The van der Waals surface area contributed by atoms with Gasteiger partial charge in [0.25, 0.3) is 6.01 Å². The van der Waals surface area contributed by atoms with Crippen LogP contribution < -0.4 is 11.0 Å². The maximum Gasteiger partial charge on any atom is 0.323 e. The molecule has 1 atom stereocenters. The van der Waals surface area contributed by atoms with Crippen molar-refractivity contribution >= 4 is 28.1 Å². The van der Waals surface area contributed by atoms with Crippen molar-refractivity contribution in [1.29, 1.82) is 0 Å². The number of aromatic amines is 2. The van der Waals surface area contributed by atoms with Crippen LogP contribution in [-0.2, 0) is 0 Å². The van der Waals surface area contributed by atoms with E-state index >= 15 is 0 Å². The highest BCUT2D eigenvalue weighted by atomic mass is 16.4. The number of benzene rings is 2. The summed E-state index contributed by atoms with van der Waals surface area (Å²) in [5.74, 6) is 0. The summed E-state index contributed by atoms with van der Waals surface area (Å²) in [5, 5.41) is 3.24. The summed E-state index contributed by atoms with van der Waals surface area (Å²) in [6, 6.07) is 13.9. The Morgan fingerprint density at radius 2 is 1.95 bits per heavy atom. The molecule has 0 aliphatic rings. The Balaban J connectivity index is 1.64. The first-order valence-corrected chi connectivity index (χ1v) is 7.03. The lowest BCUT2D eigenvalue weighted by Gasteiger charge is -2.12. The summed E-state index contributed by atoms with van der Waals surface area (Å²) < 4.78 is 5.67. The first-order valence-electron chi connectivity index (χ1n) is 7.03. The van der Waals surface area contributed by atoms with E-state index in [0.29, 0.717) is 6.01 Å². The van der Waals surface area contributed by atoms with Gasteiger partial charge in [-0.3, -0.25) is 0 Å². The van der Waals surface area contributed by atoms with E-state index < -0.39 is 0 Å². The van der Waals surface area contributed by atoms with E-state index in [1.807, 2.05) is 49.4 Å². The molecule has 2 heterocycles. The minimum atomic E-state index is -0.202. The molecule has 6 heteroatoms. The van der Waals surface area contributed by atoms with Gasteiger partial charge in [0.2, 0.25) is 0 Å². The van der Waals surface area contributed by atoms with E-state index in [1.54, 1.807) is 0 Å². The number of nitrogens with zero attached hydrogens (tertiary/aromatic N) is 1. The first-order chi connectivity index (χ1) is 10.7. The van der Waals surface area contributed by atoms with Crippen LogP contribution in [0.25, 0.3) is 22.1 Å². The summed E-state index contributed by atoms with van der Waals surface area (Å²) in [6.07, 6.45) is 0. The Kier molecular flexibility index (Phi) is 2.75. The molecule has 0 bridgehead atoms. The average molecular weight is 294 g/mol. The topological polar surface area (TPSA) is 86.7 Å². The fourth-order valence-electron chi connectivity index (χ4n) is 2.52. The zero-order valence-corrected chi connectivity index (χ0v) is 11.9. The second-order valence-corrected chi connectivity index (χ2v) is 5.24. The minimum absolute atomic E-state index is 0.00383. The highest BCUT2D eigenvalue weighted by Gasteiger charge is 2.11. The molecule has 0 saturated carbocycles. The van der Waals surface area contributed by atoms with Crippen LogP contribution in [0.15, 0.2) is 51.7 Å². The number of rotatable bonds is 3. The van der Waals surface area contributed by atoms with E-state index in [4.69, 9.17) is 4.42 Å². The van der Waals surface area contributed by atoms with Crippen LogP contribution >= 0.6 is 0 Å². The summed E-state index contributed by atoms with van der Waals surface area (Å²) in [7, 11) is 0. The van der Waals surface area contributed by atoms with E-state index in [-0.39, 0.29) is 11.7 Å². The van der Waals surface area contributed by atoms with Crippen molar-refractivity contribution in [3.63, 3.8) is 0 Å². The Morgan fingerprint density at radius 1 is 1.14 bits per heavy atom. The molecule has 22 heavy (non-hydrogen) atoms. The number of aromatic nitrogens is 3. The monoisotopic (exact) mass is 294 g/mol. The van der Waals surface area contributed by atoms with Gasteiger partial charge in [-0.1, -0.05) is 18.2 Å². The van der Waals surface area contributed by atoms with Gasteiger partial charge in [-0.15, -0.1) is 0 Å². The molecular formula is C16H14N4O2. The first kappa shape index (κ1) is 12.7. The molecule has 0 spiro atoms. The van der Waals surface area contributed by atoms with Crippen LogP contribution in [0.3, 0.4) is 0 Å². The van der Waals surface area contributed by atoms with E-state index in [2.05, 4.69) is 20.3 Å². The predicted octanol–water partition coefficient (Wildman–Crippen LogP) is 3.17. The van der Waals surface area contributed by atoms with Gasteiger partial charge < -0.3 is 19.7 Å². The second kappa shape index (κ2) is 4.77. The maximum atomic E-state index is 11.3. The number of H-pyrrole nitrogens is 2. The Morgan fingerprint density at radius 3 is 2.82 bits per heavy atom. The van der Waals surface area contributed by atoms with Gasteiger partial charge >= 0.3 is 5.69 Å². The van der Waals surface area contributed by atoms with Crippen molar-refractivity contribution in [1.82, 2.24) is 15.0 Å². The molecule has 0 fully saturated rings. The van der Waals surface area contributed by atoms with Gasteiger partial charge in [0, 0.05) is 0 Å². The molecule has 0 amide bonds. The quantitative estimate of drug-likeness (QED) is 0.541. The molecule has 4 rings (SSSR count). The highest BCUT2D eigenvalue weighted by Crippen LogP contribution is 2.24. The van der Waals surface area contributed by atoms with E-state index in [0.717, 1.165) is 27.7 Å². The zero-order valence-electron chi connectivity index (χ0n) is 11.9. The molecule has 0 radical (unpaired) electrons. The van der Waals surface area contributed by atoms with Gasteiger partial charge in [-0.05, 0) is 36.8 Å². The fourth-order valence-corrected chi connectivity index (χ4v) is 2.52. The number of hydrogen-bond donors (Lipinski definition) is 3. The third kappa shape index (κ3) is 2.14. The molecule has 110 valence electrons. The van der Waals surface area contributed by atoms with Crippen molar-refractivity contribution in [3.8, 4) is 0 Å². The van der Waals surface area contributed by atoms with Crippen LogP contribution in [0.1, 0.15) is 18.5 Å². The molecule has 4 aromatic rings. The van der Waals surface area contributed by atoms with Crippen LogP contribution in [0.4, 0.5) is 6.01 Å². The maximum absolute atomic E-state index is 11.3. The molecule has 2 aromatic heterocycles. The van der Waals surface area contributed by atoms with E-state index in [1.165, 1.54) is 0 Å². The highest BCUT2D eigenvalue weighted by molar-refractivity contribution is 5.76. The number of nitrogens with one attached hydrogen (secondary N) is 3. The largest absolute Gasteiger partial charge is 0.424 e. The molecule has 0 saturated heterocycles. The van der Waals surface area contributed by atoms with Crippen molar-refractivity contribution < 1.29 is 4.42 Å². The number of imidazole rings is 1. The number of fused-ring (bicyclic) bond motifs is 2. The molecule has 0 unspecified atom stereocenters. The molecule has 3 N–H and O–H groups in total. The fraction of sp³-hybridized carbons (Fsp3) is 0.125. The average Bonchev–Trinajstić information content (AvgIpc) is 3.07. The van der Waals surface area contributed by atoms with Crippen LogP contribution in [0.2, 0.25) is 0 Å². The second-order valence-electron chi connectivity index (χ2n) is 5.24. The molecular weight excluding hydrogens is 280 g/mol. The zero-order chi connectivity index (χ0) is 15.1.